The number of hydrogen-bond donors (Lipinski definition) is 2. The number of fused-ring (bicyclic) bond motifs is 1. The van der Waals surface area contributed by atoms with Crippen LogP contribution in [0.5, 0.6) is 11.5 Å². The Balaban J connectivity index is 3.04. The van der Waals surface area contributed by atoms with E-state index in [2.05, 4.69) is 0 Å². The van der Waals surface area contributed by atoms with Gasteiger partial charge < -0.3 is 14.6 Å². The summed E-state index contributed by atoms with van der Waals surface area (Å²) in [5, 5.41) is 20.2. The van der Waals surface area contributed by atoms with Crippen LogP contribution in [0.4, 0.5) is 0 Å². The van der Waals surface area contributed by atoms with Crippen LogP contribution in [0.1, 0.15) is 35.3 Å². The third kappa shape index (κ3) is 1.95. The number of phenolic OH excluding ortho intramolecular Hbond substituents is 2. The number of ketones is 1. The van der Waals surface area contributed by atoms with Crippen LogP contribution in [-0.4, -0.2) is 16.0 Å². The van der Waals surface area contributed by atoms with Crippen LogP contribution in [0.2, 0.25) is 0 Å². The molecule has 0 aliphatic heterocycles. The summed E-state index contributed by atoms with van der Waals surface area (Å²) in [5.74, 6) is -1.33. The van der Waals surface area contributed by atoms with Crippen molar-refractivity contribution in [3.63, 3.8) is 0 Å². The van der Waals surface area contributed by atoms with Gasteiger partial charge in [0.05, 0.1) is 5.39 Å². The van der Waals surface area contributed by atoms with Crippen molar-refractivity contribution >= 4 is 16.8 Å². The number of aromatic hydroxyl groups is 2. The standard InChI is InChI=1S/C15H16O5/c1-6(2)13(18)12-10(17)5-9(16)11-7(3)8(4)15(19)20-14(11)12/h5-6,16-17H,1-4H3. The van der Waals surface area contributed by atoms with Gasteiger partial charge in [-0.05, 0) is 19.4 Å². The van der Waals surface area contributed by atoms with Crippen LogP contribution >= 0.6 is 0 Å². The summed E-state index contributed by atoms with van der Waals surface area (Å²) in [6, 6.07) is 1.10. The summed E-state index contributed by atoms with van der Waals surface area (Å²) < 4.78 is 5.14. The number of benzene rings is 1. The fraction of sp³-hybridized carbons (Fsp3) is 0.333. The Labute approximate surface area is 115 Å². The van der Waals surface area contributed by atoms with E-state index in [9.17, 15) is 19.8 Å². The number of carbonyl (C=O) groups is 1. The molecule has 2 N–H and O–H groups in total. The lowest BCUT2D eigenvalue weighted by Crippen LogP contribution is -2.12. The largest absolute Gasteiger partial charge is 0.507 e. The van der Waals surface area contributed by atoms with Gasteiger partial charge in [-0.1, -0.05) is 13.8 Å². The van der Waals surface area contributed by atoms with E-state index in [1.807, 2.05) is 0 Å². The summed E-state index contributed by atoms with van der Waals surface area (Å²) >= 11 is 0. The molecule has 106 valence electrons. The smallest absolute Gasteiger partial charge is 0.339 e. The molecule has 1 heterocycles. The second-order valence-corrected chi connectivity index (χ2v) is 5.15. The Kier molecular flexibility index (Phi) is 3.29. The van der Waals surface area contributed by atoms with Crippen molar-refractivity contribution in [2.45, 2.75) is 27.7 Å². The molecule has 0 saturated carbocycles. The van der Waals surface area contributed by atoms with Gasteiger partial charge in [-0.3, -0.25) is 4.79 Å². The zero-order valence-electron chi connectivity index (χ0n) is 11.8. The molecule has 5 heteroatoms. The molecule has 20 heavy (non-hydrogen) atoms. The summed E-state index contributed by atoms with van der Waals surface area (Å²) in [4.78, 5) is 24.0. The molecule has 0 radical (unpaired) electrons. The van der Waals surface area contributed by atoms with E-state index in [1.54, 1.807) is 27.7 Å². The van der Waals surface area contributed by atoms with Crippen LogP contribution in [0.15, 0.2) is 15.3 Å². The molecule has 1 aromatic heterocycles. The number of phenols is 2. The molecule has 2 aromatic rings. The maximum Gasteiger partial charge on any atom is 0.339 e. The van der Waals surface area contributed by atoms with Gasteiger partial charge in [0.2, 0.25) is 0 Å². The molecule has 0 unspecified atom stereocenters. The fourth-order valence-corrected chi connectivity index (χ4v) is 2.13. The first-order chi connectivity index (χ1) is 9.25. The van der Waals surface area contributed by atoms with Crippen molar-refractivity contribution in [2.75, 3.05) is 0 Å². The molecule has 1 aromatic carbocycles. The van der Waals surface area contributed by atoms with Gasteiger partial charge in [-0.15, -0.1) is 0 Å². The Morgan fingerprint density at radius 1 is 1.15 bits per heavy atom. The van der Waals surface area contributed by atoms with Crippen LogP contribution in [0.25, 0.3) is 11.0 Å². The van der Waals surface area contributed by atoms with E-state index in [0.29, 0.717) is 11.1 Å². The van der Waals surface area contributed by atoms with Gasteiger partial charge in [0.15, 0.2) is 11.4 Å². The van der Waals surface area contributed by atoms with Gasteiger partial charge in [0, 0.05) is 17.5 Å². The summed E-state index contributed by atoms with van der Waals surface area (Å²) in [6.45, 7) is 6.60. The highest BCUT2D eigenvalue weighted by atomic mass is 16.4. The van der Waals surface area contributed by atoms with Crippen LogP contribution < -0.4 is 5.63 Å². The molecular weight excluding hydrogens is 260 g/mol. The fourth-order valence-electron chi connectivity index (χ4n) is 2.13. The van der Waals surface area contributed by atoms with E-state index in [-0.39, 0.29) is 39.7 Å². The molecule has 0 amide bonds. The molecule has 5 nitrogen and oxygen atoms in total. The first kappa shape index (κ1) is 14.1. The van der Waals surface area contributed by atoms with Crippen molar-refractivity contribution in [1.29, 1.82) is 0 Å². The predicted molar refractivity (Wildman–Crippen MR) is 74.5 cm³/mol. The summed E-state index contributed by atoms with van der Waals surface area (Å²) in [7, 11) is 0. The second-order valence-electron chi connectivity index (χ2n) is 5.15. The highest BCUT2D eigenvalue weighted by Crippen LogP contribution is 2.37. The molecule has 0 aliphatic rings. The average molecular weight is 276 g/mol. The van der Waals surface area contributed by atoms with Gasteiger partial charge >= 0.3 is 5.63 Å². The van der Waals surface area contributed by atoms with E-state index < -0.39 is 5.63 Å². The molecule has 0 saturated heterocycles. The number of rotatable bonds is 2. The van der Waals surface area contributed by atoms with Crippen molar-refractivity contribution < 1.29 is 19.4 Å². The van der Waals surface area contributed by atoms with Gasteiger partial charge in [-0.2, -0.15) is 0 Å². The van der Waals surface area contributed by atoms with Gasteiger partial charge in [0.1, 0.15) is 17.1 Å². The zero-order valence-corrected chi connectivity index (χ0v) is 11.8. The third-order valence-electron chi connectivity index (χ3n) is 3.45. The Hall–Kier alpha value is -2.30. The molecule has 2 rings (SSSR count). The molecular formula is C15H16O5. The molecule has 0 bridgehead atoms. The maximum absolute atomic E-state index is 12.2. The maximum atomic E-state index is 12.2. The van der Waals surface area contributed by atoms with Crippen molar-refractivity contribution in [1.82, 2.24) is 0 Å². The van der Waals surface area contributed by atoms with Crippen molar-refractivity contribution in [2.24, 2.45) is 5.92 Å². The lowest BCUT2D eigenvalue weighted by molar-refractivity contribution is 0.0937. The van der Waals surface area contributed by atoms with Crippen molar-refractivity contribution in [3.8, 4) is 11.5 Å². The van der Waals surface area contributed by atoms with Crippen LogP contribution in [0, 0.1) is 19.8 Å². The molecule has 0 aliphatic carbocycles. The Bertz CT molecular complexity index is 768. The second kappa shape index (κ2) is 4.67. The van der Waals surface area contributed by atoms with Gasteiger partial charge in [-0.25, -0.2) is 4.79 Å². The monoisotopic (exact) mass is 276 g/mol. The highest BCUT2D eigenvalue weighted by Gasteiger charge is 2.24. The summed E-state index contributed by atoms with van der Waals surface area (Å²) in [5.41, 5.74) is 0.188. The average Bonchev–Trinajstić information content (AvgIpc) is 2.34. The minimum atomic E-state index is -0.585. The lowest BCUT2D eigenvalue weighted by atomic mass is 9.95. The number of Topliss-reactive ketones (excluding diaryl/α,β-unsaturated/α-hetero) is 1. The Morgan fingerprint density at radius 3 is 2.30 bits per heavy atom. The minimum absolute atomic E-state index is 0.0608. The number of hydrogen-bond acceptors (Lipinski definition) is 5. The van der Waals surface area contributed by atoms with Gasteiger partial charge in [0.25, 0.3) is 0 Å². The normalized spacial score (nSPS) is 11.2. The first-order valence-electron chi connectivity index (χ1n) is 6.28. The first-order valence-corrected chi connectivity index (χ1v) is 6.28. The topological polar surface area (TPSA) is 87.7 Å². The quantitative estimate of drug-likeness (QED) is 0.650. The third-order valence-corrected chi connectivity index (χ3v) is 3.45. The lowest BCUT2D eigenvalue weighted by Gasteiger charge is -2.12. The van der Waals surface area contributed by atoms with E-state index in [0.717, 1.165) is 6.07 Å². The van der Waals surface area contributed by atoms with Crippen LogP contribution in [0.3, 0.4) is 0 Å². The van der Waals surface area contributed by atoms with E-state index in [1.165, 1.54) is 0 Å². The minimum Gasteiger partial charge on any atom is -0.507 e. The SMILES string of the molecule is Cc1c(C)c2c(O)cc(O)c(C(=O)C(C)C)c2oc1=O. The van der Waals surface area contributed by atoms with Crippen LogP contribution in [-0.2, 0) is 0 Å². The highest BCUT2D eigenvalue weighted by molar-refractivity contribution is 6.11. The zero-order chi connectivity index (χ0) is 15.2. The molecule has 0 spiro atoms. The summed E-state index contributed by atoms with van der Waals surface area (Å²) in [6.07, 6.45) is 0. The van der Waals surface area contributed by atoms with E-state index in [4.69, 9.17) is 4.42 Å². The molecule has 0 fully saturated rings. The van der Waals surface area contributed by atoms with E-state index >= 15 is 0 Å². The van der Waals surface area contributed by atoms with Crippen molar-refractivity contribution in [3.05, 3.63) is 33.2 Å². The molecule has 0 atom stereocenters. The number of carbonyl (C=O) groups excluding carboxylic acids is 1. The Morgan fingerprint density at radius 2 is 1.75 bits per heavy atom. The predicted octanol–water partition coefficient (Wildman–Crippen LogP) is 2.66. The number of aryl methyl sites for hydroxylation is 1.